The van der Waals surface area contributed by atoms with Crippen molar-refractivity contribution in [2.24, 2.45) is 0 Å². The normalized spacial score (nSPS) is 22.0. The molecule has 0 spiro atoms. The predicted molar refractivity (Wildman–Crippen MR) is 78.1 cm³/mol. The monoisotopic (exact) mass is 267 g/mol. The summed E-state index contributed by atoms with van der Waals surface area (Å²) >= 11 is 1.81. The maximum Gasteiger partial charge on any atom is 0.0897 e. The summed E-state index contributed by atoms with van der Waals surface area (Å²) in [6, 6.07) is 0.689. The first-order chi connectivity index (χ1) is 8.78. The van der Waals surface area contributed by atoms with Crippen LogP contribution in [0.3, 0.4) is 0 Å². The molecule has 0 aliphatic carbocycles. The molecule has 0 aromatic carbocycles. The second-order valence-electron chi connectivity index (χ2n) is 5.20. The molecule has 0 bridgehead atoms. The van der Waals surface area contributed by atoms with E-state index < -0.39 is 0 Å². The van der Waals surface area contributed by atoms with Gasteiger partial charge in [-0.3, -0.25) is 0 Å². The van der Waals surface area contributed by atoms with Crippen molar-refractivity contribution in [2.45, 2.75) is 52.1 Å². The smallest absolute Gasteiger partial charge is 0.0897 e. The number of nitrogens with one attached hydrogen (secondary N) is 1. The van der Waals surface area contributed by atoms with E-state index >= 15 is 0 Å². The van der Waals surface area contributed by atoms with E-state index in [1.54, 1.807) is 11.3 Å². The van der Waals surface area contributed by atoms with Gasteiger partial charge in [0.25, 0.3) is 0 Å². The standard InChI is InChI=1S/C14H25N3S/c1-3-7-17-8-4-5-13(6-9-17)16-11-14-10-15-12(2)18-14/h10,13,16H,3-9,11H2,1-2H3. The second kappa shape index (κ2) is 7.22. The van der Waals surface area contributed by atoms with E-state index in [0.717, 1.165) is 6.54 Å². The highest BCUT2D eigenvalue weighted by molar-refractivity contribution is 7.11. The largest absolute Gasteiger partial charge is 0.309 e. The molecule has 1 N–H and O–H groups in total. The highest BCUT2D eigenvalue weighted by atomic mass is 32.1. The van der Waals surface area contributed by atoms with Crippen molar-refractivity contribution in [1.29, 1.82) is 0 Å². The van der Waals surface area contributed by atoms with Gasteiger partial charge in [-0.15, -0.1) is 11.3 Å². The Morgan fingerprint density at radius 3 is 3.06 bits per heavy atom. The molecule has 102 valence electrons. The van der Waals surface area contributed by atoms with Gasteiger partial charge < -0.3 is 10.2 Å². The van der Waals surface area contributed by atoms with Crippen LogP contribution >= 0.6 is 11.3 Å². The Bertz CT molecular complexity index is 351. The first kappa shape index (κ1) is 14.0. The van der Waals surface area contributed by atoms with Crippen LogP contribution in [0.25, 0.3) is 0 Å². The number of likely N-dealkylation sites (tertiary alicyclic amines) is 1. The number of hydrogen-bond donors (Lipinski definition) is 1. The first-order valence-electron chi connectivity index (χ1n) is 7.15. The van der Waals surface area contributed by atoms with Gasteiger partial charge in [-0.25, -0.2) is 4.98 Å². The third-order valence-corrected chi connectivity index (χ3v) is 4.51. The fourth-order valence-corrected chi connectivity index (χ4v) is 3.38. The van der Waals surface area contributed by atoms with Crippen LogP contribution in [0.5, 0.6) is 0 Å². The number of rotatable bonds is 5. The zero-order chi connectivity index (χ0) is 12.8. The van der Waals surface area contributed by atoms with Gasteiger partial charge in [0.15, 0.2) is 0 Å². The van der Waals surface area contributed by atoms with Gasteiger partial charge in [0.2, 0.25) is 0 Å². The van der Waals surface area contributed by atoms with E-state index in [9.17, 15) is 0 Å². The molecular weight excluding hydrogens is 242 g/mol. The molecule has 1 aliphatic rings. The molecule has 1 aromatic heterocycles. The molecule has 0 radical (unpaired) electrons. The van der Waals surface area contributed by atoms with Gasteiger partial charge >= 0.3 is 0 Å². The maximum atomic E-state index is 4.31. The summed E-state index contributed by atoms with van der Waals surface area (Å²) in [5, 5.41) is 4.87. The van der Waals surface area contributed by atoms with Crippen LogP contribution < -0.4 is 5.32 Å². The van der Waals surface area contributed by atoms with Crippen molar-refractivity contribution in [1.82, 2.24) is 15.2 Å². The van der Waals surface area contributed by atoms with Crippen LogP contribution in [-0.4, -0.2) is 35.6 Å². The van der Waals surface area contributed by atoms with E-state index in [2.05, 4.69) is 29.0 Å². The molecule has 0 saturated carbocycles. The van der Waals surface area contributed by atoms with Gasteiger partial charge in [-0.05, 0) is 52.2 Å². The van der Waals surface area contributed by atoms with Gasteiger partial charge in [0.05, 0.1) is 5.01 Å². The predicted octanol–water partition coefficient (Wildman–Crippen LogP) is 2.81. The first-order valence-corrected chi connectivity index (χ1v) is 7.96. The minimum Gasteiger partial charge on any atom is -0.309 e. The Labute approximate surface area is 115 Å². The van der Waals surface area contributed by atoms with Crippen LogP contribution in [0.4, 0.5) is 0 Å². The van der Waals surface area contributed by atoms with Gasteiger partial charge in [0, 0.05) is 23.7 Å². The number of hydrogen-bond acceptors (Lipinski definition) is 4. The molecule has 1 unspecified atom stereocenters. The molecular formula is C14H25N3S. The van der Waals surface area contributed by atoms with Crippen LogP contribution in [0, 0.1) is 6.92 Å². The third kappa shape index (κ3) is 4.34. The number of nitrogens with zero attached hydrogens (tertiary/aromatic N) is 2. The van der Waals surface area contributed by atoms with Crippen molar-refractivity contribution < 1.29 is 0 Å². The van der Waals surface area contributed by atoms with Gasteiger partial charge in [-0.1, -0.05) is 6.92 Å². The fourth-order valence-electron chi connectivity index (χ4n) is 2.63. The Hall–Kier alpha value is -0.450. The quantitative estimate of drug-likeness (QED) is 0.889. The molecule has 4 heteroatoms. The Morgan fingerprint density at radius 1 is 1.44 bits per heavy atom. The lowest BCUT2D eigenvalue weighted by Crippen LogP contribution is -2.30. The molecule has 1 aliphatic heterocycles. The molecule has 1 atom stereocenters. The molecule has 3 nitrogen and oxygen atoms in total. The van der Waals surface area contributed by atoms with Crippen LogP contribution in [0.1, 0.15) is 42.5 Å². The van der Waals surface area contributed by atoms with Crippen molar-refractivity contribution >= 4 is 11.3 Å². The van der Waals surface area contributed by atoms with E-state index in [1.807, 2.05) is 6.20 Å². The number of aryl methyl sites for hydroxylation is 1. The number of aromatic nitrogens is 1. The third-order valence-electron chi connectivity index (χ3n) is 3.59. The summed E-state index contributed by atoms with van der Waals surface area (Å²) in [6.07, 6.45) is 7.22. The van der Waals surface area contributed by atoms with Gasteiger partial charge in [0.1, 0.15) is 0 Å². The average molecular weight is 267 g/mol. The topological polar surface area (TPSA) is 28.2 Å². The lowest BCUT2D eigenvalue weighted by atomic mass is 10.1. The Kier molecular flexibility index (Phi) is 5.60. The summed E-state index contributed by atoms with van der Waals surface area (Å²) in [5.74, 6) is 0. The zero-order valence-corrected chi connectivity index (χ0v) is 12.4. The summed E-state index contributed by atoms with van der Waals surface area (Å²) in [6.45, 7) is 9.14. The lowest BCUT2D eigenvalue weighted by Gasteiger charge is -2.19. The molecule has 1 aromatic rings. The molecule has 0 amide bonds. The van der Waals surface area contributed by atoms with Crippen molar-refractivity contribution in [2.75, 3.05) is 19.6 Å². The van der Waals surface area contributed by atoms with E-state index in [-0.39, 0.29) is 0 Å². The minimum absolute atomic E-state index is 0.689. The van der Waals surface area contributed by atoms with Crippen LogP contribution in [-0.2, 0) is 6.54 Å². The molecule has 1 saturated heterocycles. The second-order valence-corrected chi connectivity index (χ2v) is 6.52. The highest BCUT2D eigenvalue weighted by Gasteiger charge is 2.16. The average Bonchev–Trinajstić information content (AvgIpc) is 2.64. The molecule has 2 heterocycles. The number of thiazole rings is 1. The van der Waals surface area contributed by atoms with E-state index in [0.29, 0.717) is 6.04 Å². The van der Waals surface area contributed by atoms with Gasteiger partial charge in [-0.2, -0.15) is 0 Å². The maximum absolute atomic E-state index is 4.31. The summed E-state index contributed by atoms with van der Waals surface area (Å²) < 4.78 is 0. The zero-order valence-electron chi connectivity index (χ0n) is 11.6. The van der Waals surface area contributed by atoms with E-state index in [1.165, 1.54) is 55.2 Å². The molecule has 1 fully saturated rings. The highest BCUT2D eigenvalue weighted by Crippen LogP contribution is 2.14. The summed E-state index contributed by atoms with van der Waals surface area (Å²) in [7, 11) is 0. The molecule has 18 heavy (non-hydrogen) atoms. The minimum atomic E-state index is 0.689. The SMILES string of the molecule is CCCN1CCCC(NCc2cnc(C)s2)CC1. The van der Waals surface area contributed by atoms with Crippen molar-refractivity contribution in [3.05, 3.63) is 16.1 Å². The van der Waals surface area contributed by atoms with Crippen LogP contribution in [0.15, 0.2) is 6.20 Å². The Morgan fingerprint density at radius 2 is 2.33 bits per heavy atom. The van der Waals surface area contributed by atoms with E-state index in [4.69, 9.17) is 0 Å². The fraction of sp³-hybridized carbons (Fsp3) is 0.786. The Balaban J connectivity index is 1.73. The van der Waals surface area contributed by atoms with Crippen molar-refractivity contribution in [3.8, 4) is 0 Å². The lowest BCUT2D eigenvalue weighted by molar-refractivity contribution is 0.282. The summed E-state index contributed by atoms with van der Waals surface area (Å²) in [4.78, 5) is 8.28. The molecule has 2 rings (SSSR count). The summed E-state index contributed by atoms with van der Waals surface area (Å²) in [5.41, 5.74) is 0. The van der Waals surface area contributed by atoms with Crippen LogP contribution in [0.2, 0.25) is 0 Å². The van der Waals surface area contributed by atoms with Crippen molar-refractivity contribution in [3.63, 3.8) is 0 Å².